The van der Waals surface area contributed by atoms with Gasteiger partial charge in [0.2, 0.25) is 0 Å². The summed E-state index contributed by atoms with van der Waals surface area (Å²) >= 11 is 0. The van der Waals surface area contributed by atoms with E-state index in [1.165, 1.54) is 12.1 Å². The van der Waals surface area contributed by atoms with Gasteiger partial charge < -0.3 is 10.1 Å². The molecule has 0 aliphatic rings. The fourth-order valence-electron chi connectivity index (χ4n) is 2.29. The van der Waals surface area contributed by atoms with Crippen LogP contribution in [0.15, 0.2) is 24.3 Å². The van der Waals surface area contributed by atoms with Crippen LogP contribution >= 0.6 is 0 Å². The average Bonchev–Trinajstić information content (AvgIpc) is 2.39. The molecule has 2 nitrogen and oxygen atoms in total. The molecule has 1 aromatic carbocycles. The summed E-state index contributed by atoms with van der Waals surface area (Å²) < 4.78 is 43.4. The van der Waals surface area contributed by atoms with Crippen molar-refractivity contribution < 1.29 is 17.9 Å². The first-order valence-electron chi connectivity index (χ1n) is 6.90. The van der Waals surface area contributed by atoms with Crippen LogP contribution < -0.4 is 5.32 Å². The Kier molecular flexibility index (Phi) is 6.49. The van der Waals surface area contributed by atoms with Crippen LogP contribution in [0.2, 0.25) is 0 Å². The smallest absolute Gasteiger partial charge is 0.377 e. The second-order valence-electron chi connectivity index (χ2n) is 4.67. The Bertz CT molecular complexity index is 383. The van der Waals surface area contributed by atoms with E-state index in [-0.39, 0.29) is 12.1 Å². The van der Waals surface area contributed by atoms with Gasteiger partial charge in [-0.2, -0.15) is 13.2 Å². The van der Waals surface area contributed by atoms with Crippen molar-refractivity contribution in [2.45, 2.75) is 45.0 Å². The number of rotatable bonds is 7. The highest BCUT2D eigenvalue weighted by atomic mass is 19.4. The molecule has 114 valence electrons. The molecule has 0 fully saturated rings. The third kappa shape index (κ3) is 4.49. The summed E-state index contributed by atoms with van der Waals surface area (Å²) in [6.07, 6.45) is -2.51. The van der Waals surface area contributed by atoms with Crippen molar-refractivity contribution in [2.24, 2.45) is 0 Å². The fraction of sp³-hybridized carbons (Fsp3) is 0.600. The highest BCUT2D eigenvalue weighted by Gasteiger charge is 2.30. The number of nitrogens with one attached hydrogen (secondary N) is 1. The molecule has 1 aromatic rings. The largest absolute Gasteiger partial charge is 0.416 e. The third-order valence-electron chi connectivity index (χ3n) is 3.23. The van der Waals surface area contributed by atoms with E-state index in [9.17, 15) is 13.2 Å². The van der Waals surface area contributed by atoms with E-state index in [4.69, 9.17) is 4.74 Å². The summed E-state index contributed by atoms with van der Waals surface area (Å²) in [6, 6.07) is 5.18. The van der Waals surface area contributed by atoms with Gasteiger partial charge in [-0.25, -0.2) is 0 Å². The molecule has 0 amide bonds. The lowest BCUT2D eigenvalue weighted by molar-refractivity contribution is -0.137. The zero-order valence-electron chi connectivity index (χ0n) is 12.1. The summed E-state index contributed by atoms with van der Waals surface area (Å²) in [4.78, 5) is 0. The molecule has 0 heterocycles. The Hall–Kier alpha value is -1.07. The number of ether oxygens (including phenoxy) is 1. The molecule has 0 aliphatic heterocycles. The molecule has 0 spiro atoms. The average molecular weight is 289 g/mol. The summed E-state index contributed by atoms with van der Waals surface area (Å²) in [5.74, 6) is 0. The molecule has 1 N–H and O–H groups in total. The molecular weight excluding hydrogens is 267 g/mol. The minimum absolute atomic E-state index is 0.0354. The van der Waals surface area contributed by atoms with Gasteiger partial charge in [0.05, 0.1) is 17.7 Å². The summed E-state index contributed by atoms with van der Waals surface area (Å²) in [5, 5.41) is 3.14. The van der Waals surface area contributed by atoms with Crippen molar-refractivity contribution >= 4 is 0 Å². The molecule has 2 atom stereocenters. The van der Waals surface area contributed by atoms with Crippen molar-refractivity contribution in [1.82, 2.24) is 5.32 Å². The zero-order valence-corrected chi connectivity index (χ0v) is 12.1. The maximum atomic E-state index is 12.6. The van der Waals surface area contributed by atoms with Crippen LogP contribution in [0.1, 0.15) is 43.9 Å². The molecule has 20 heavy (non-hydrogen) atoms. The van der Waals surface area contributed by atoms with Gasteiger partial charge >= 0.3 is 6.18 Å². The van der Waals surface area contributed by atoms with Gasteiger partial charge in [0.15, 0.2) is 0 Å². The van der Waals surface area contributed by atoms with Crippen molar-refractivity contribution in [3.8, 4) is 0 Å². The predicted molar refractivity (Wildman–Crippen MR) is 73.6 cm³/mol. The van der Waals surface area contributed by atoms with Crippen LogP contribution in [-0.2, 0) is 10.9 Å². The second-order valence-corrected chi connectivity index (χ2v) is 4.67. The Labute approximate surface area is 118 Å². The van der Waals surface area contributed by atoms with Gasteiger partial charge in [-0.05, 0) is 38.1 Å². The lowest BCUT2D eigenvalue weighted by atomic mass is 9.97. The molecule has 0 bridgehead atoms. The summed E-state index contributed by atoms with van der Waals surface area (Å²) in [5.41, 5.74) is 0.187. The maximum Gasteiger partial charge on any atom is 0.416 e. The highest BCUT2D eigenvalue weighted by molar-refractivity contribution is 5.27. The molecule has 2 unspecified atom stereocenters. The van der Waals surface area contributed by atoms with Crippen LogP contribution in [0.25, 0.3) is 0 Å². The number of halogens is 3. The van der Waals surface area contributed by atoms with Gasteiger partial charge in [0.1, 0.15) is 0 Å². The minimum Gasteiger partial charge on any atom is -0.377 e. The first kappa shape index (κ1) is 17.0. The lowest BCUT2D eigenvalue weighted by Gasteiger charge is -2.27. The molecule has 1 rings (SSSR count). The number of hydrogen-bond donors (Lipinski definition) is 1. The van der Waals surface area contributed by atoms with E-state index in [2.05, 4.69) is 12.2 Å². The molecule has 5 heteroatoms. The highest BCUT2D eigenvalue weighted by Crippen LogP contribution is 2.31. The van der Waals surface area contributed by atoms with Crippen molar-refractivity contribution in [3.63, 3.8) is 0 Å². The van der Waals surface area contributed by atoms with Crippen LogP contribution in [0.3, 0.4) is 0 Å². The van der Waals surface area contributed by atoms with Crippen LogP contribution in [0, 0.1) is 0 Å². The summed E-state index contributed by atoms with van der Waals surface area (Å²) in [6.45, 7) is 4.57. The minimum atomic E-state index is -4.30. The van der Waals surface area contributed by atoms with Gasteiger partial charge in [-0.3, -0.25) is 0 Å². The molecule has 0 aliphatic carbocycles. The normalized spacial score (nSPS) is 15.1. The Morgan fingerprint density at radius 3 is 2.15 bits per heavy atom. The standard InChI is InChI=1S/C15H22F3NO/c1-4-6-13(20-5-2)14(19-3)11-7-9-12(10-8-11)15(16,17)18/h7-10,13-14,19H,4-6H2,1-3H3. The van der Waals surface area contributed by atoms with Crippen molar-refractivity contribution in [1.29, 1.82) is 0 Å². The first-order chi connectivity index (χ1) is 9.43. The van der Waals surface area contributed by atoms with Crippen LogP contribution in [0.5, 0.6) is 0 Å². The quantitative estimate of drug-likeness (QED) is 0.813. The lowest BCUT2D eigenvalue weighted by Crippen LogP contribution is -2.31. The zero-order chi connectivity index (χ0) is 15.2. The van der Waals surface area contributed by atoms with Crippen LogP contribution in [0.4, 0.5) is 13.2 Å². The molecule has 0 saturated carbocycles. The Morgan fingerprint density at radius 2 is 1.75 bits per heavy atom. The first-order valence-corrected chi connectivity index (χ1v) is 6.90. The third-order valence-corrected chi connectivity index (χ3v) is 3.23. The van der Waals surface area contributed by atoms with Crippen molar-refractivity contribution in [3.05, 3.63) is 35.4 Å². The topological polar surface area (TPSA) is 21.3 Å². The van der Waals surface area contributed by atoms with E-state index in [1.807, 2.05) is 6.92 Å². The summed E-state index contributed by atoms with van der Waals surface area (Å²) in [7, 11) is 1.80. The van der Waals surface area contributed by atoms with E-state index >= 15 is 0 Å². The fourth-order valence-corrected chi connectivity index (χ4v) is 2.29. The Balaban J connectivity index is 2.93. The van der Waals surface area contributed by atoms with E-state index in [0.29, 0.717) is 6.61 Å². The van der Waals surface area contributed by atoms with Crippen LogP contribution in [-0.4, -0.2) is 19.8 Å². The van der Waals surface area contributed by atoms with Gasteiger partial charge in [-0.1, -0.05) is 25.5 Å². The number of hydrogen-bond acceptors (Lipinski definition) is 2. The maximum absolute atomic E-state index is 12.6. The van der Waals surface area contributed by atoms with E-state index in [0.717, 1.165) is 30.5 Å². The number of alkyl halides is 3. The predicted octanol–water partition coefficient (Wildman–Crippen LogP) is 4.17. The van der Waals surface area contributed by atoms with Crippen molar-refractivity contribution in [2.75, 3.05) is 13.7 Å². The van der Waals surface area contributed by atoms with E-state index in [1.54, 1.807) is 7.05 Å². The molecule has 0 saturated heterocycles. The van der Waals surface area contributed by atoms with Gasteiger partial charge in [-0.15, -0.1) is 0 Å². The second kappa shape index (κ2) is 7.64. The van der Waals surface area contributed by atoms with Gasteiger partial charge in [0, 0.05) is 6.61 Å². The van der Waals surface area contributed by atoms with Gasteiger partial charge in [0.25, 0.3) is 0 Å². The molecular formula is C15H22F3NO. The Morgan fingerprint density at radius 1 is 1.15 bits per heavy atom. The molecule has 0 aromatic heterocycles. The number of likely N-dealkylation sites (N-methyl/N-ethyl adjacent to an activating group) is 1. The number of benzene rings is 1. The monoisotopic (exact) mass is 289 g/mol. The van der Waals surface area contributed by atoms with E-state index < -0.39 is 11.7 Å². The SMILES string of the molecule is CCCC(OCC)C(NC)c1ccc(C(F)(F)F)cc1. The molecule has 0 radical (unpaired) electrons.